The Balaban J connectivity index is 1.13. The number of nitrogens with two attached hydrogens (primary N) is 1. The molecule has 2 fully saturated rings. The SMILES string of the molecule is Nc1ncccc1-c1nc2ccc(C3CC3C(=O)N3CCOCC3)nc2n1-c1ccc(CNC(=O)Cc2ccc(C=O)c(O)c2)cc1. The van der Waals surface area contributed by atoms with Crippen molar-refractivity contribution in [3.63, 3.8) is 0 Å². The summed E-state index contributed by atoms with van der Waals surface area (Å²) >= 11 is 0. The van der Waals surface area contributed by atoms with Crippen molar-refractivity contribution < 1.29 is 24.2 Å². The normalized spacial score (nSPS) is 17.4. The first kappa shape index (κ1) is 30.1. The van der Waals surface area contributed by atoms with Crippen molar-refractivity contribution in [1.29, 1.82) is 0 Å². The molecule has 1 aliphatic carbocycles. The van der Waals surface area contributed by atoms with Gasteiger partial charge in [0.1, 0.15) is 17.1 Å². The number of fused-ring (bicyclic) bond motifs is 1. The highest BCUT2D eigenvalue weighted by Crippen LogP contribution is 2.48. The number of hydrogen-bond acceptors (Lipinski definition) is 9. The summed E-state index contributed by atoms with van der Waals surface area (Å²) in [5, 5.41) is 12.8. The Bertz CT molecular complexity index is 1980. The molecule has 4 heterocycles. The third kappa shape index (κ3) is 6.15. The first-order valence-corrected chi connectivity index (χ1v) is 15.5. The van der Waals surface area contributed by atoms with Gasteiger partial charge < -0.3 is 25.8 Å². The van der Waals surface area contributed by atoms with Gasteiger partial charge in [-0.15, -0.1) is 0 Å². The molecule has 2 aliphatic rings. The first-order chi connectivity index (χ1) is 22.9. The Labute approximate surface area is 270 Å². The topological polar surface area (TPSA) is 166 Å². The Kier molecular flexibility index (Phi) is 8.08. The second kappa shape index (κ2) is 12.6. The van der Waals surface area contributed by atoms with Crippen LogP contribution in [0.4, 0.5) is 5.82 Å². The highest BCUT2D eigenvalue weighted by atomic mass is 16.5. The number of hydrogen-bond donors (Lipinski definition) is 3. The highest BCUT2D eigenvalue weighted by Gasteiger charge is 2.47. The van der Waals surface area contributed by atoms with Crippen LogP contribution in [0.1, 0.15) is 39.5 Å². The van der Waals surface area contributed by atoms with Crippen LogP contribution in [0.3, 0.4) is 0 Å². The molecule has 0 spiro atoms. The summed E-state index contributed by atoms with van der Waals surface area (Å²) in [5.41, 5.74) is 11.6. The van der Waals surface area contributed by atoms with Crippen molar-refractivity contribution in [2.45, 2.75) is 25.3 Å². The number of carbonyl (C=O) groups is 3. The summed E-state index contributed by atoms with van der Waals surface area (Å²) in [4.78, 5) is 52.8. The number of phenols is 1. The van der Waals surface area contributed by atoms with E-state index in [0.29, 0.717) is 73.1 Å². The van der Waals surface area contributed by atoms with E-state index in [2.05, 4.69) is 10.3 Å². The van der Waals surface area contributed by atoms with Crippen LogP contribution in [-0.4, -0.2) is 73.9 Å². The lowest BCUT2D eigenvalue weighted by atomic mass is 10.1. The molecule has 2 amide bonds. The van der Waals surface area contributed by atoms with Crippen LogP contribution in [0.25, 0.3) is 28.2 Å². The largest absolute Gasteiger partial charge is 0.507 e. The summed E-state index contributed by atoms with van der Waals surface area (Å²) in [7, 11) is 0. The van der Waals surface area contributed by atoms with Crippen LogP contribution in [0.5, 0.6) is 5.75 Å². The number of pyridine rings is 2. The quantitative estimate of drug-likeness (QED) is 0.207. The smallest absolute Gasteiger partial charge is 0.226 e. The molecule has 2 atom stereocenters. The number of benzene rings is 2. The lowest BCUT2D eigenvalue weighted by Gasteiger charge is -2.27. The number of amides is 2. The Hall–Kier alpha value is -5.62. The van der Waals surface area contributed by atoms with Crippen molar-refractivity contribution in [1.82, 2.24) is 29.7 Å². The van der Waals surface area contributed by atoms with Gasteiger partial charge in [-0.3, -0.25) is 19.0 Å². The van der Waals surface area contributed by atoms with E-state index < -0.39 is 0 Å². The number of phenolic OH excluding ortho intramolecular Hbond substituents is 1. The second-order valence-electron chi connectivity index (χ2n) is 11.8. The Morgan fingerprint density at radius 3 is 2.55 bits per heavy atom. The molecule has 2 unspecified atom stereocenters. The number of aldehydes is 1. The zero-order chi connectivity index (χ0) is 32.5. The van der Waals surface area contributed by atoms with Crippen LogP contribution >= 0.6 is 0 Å². The van der Waals surface area contributed by atoms with Crippen LogP contribution < -0.4 is 11.1 Å². The molecule has 7 rings (SSSR count). The van der Waals surface area contributed by atoms with Gasteiger partial charge in [0.15, 0.2) is 17.8 Å². The fraction of sp³-hybridized carbons (Fsp3) is 0.257. The van der Waals surface area contributed by atoms with Crippen molar-refractivity contribution in [2.75, 3.05) is 32.0 Å². The lowest BCUT2D eigenvalue weighted by molar-refractivity contribution is -0.136. The van der Waals surface area contributed by atoms with E-state index in [-0.39, 0.29) is 41.4 Å². The second-order valence-corrected chi connectivity index (χ2v) is 11.8. The summed E-state index contributed by atoms with van der Waals surface area (Å²) in [6.45, 7) is 2.69. The number of aromatic hydroxyl groups is 1. The molecule has 1 saturated heterocycles. The fourth-order valence-electron chi connectivity index (χ4n) is 6.03. The molecule has 47 heavy (non-hydrogen) atoms. The van der Waals surface area contributed by atoms with E-state index in [9.17, 15) is 19.5 Å². The Morgan fingerprint density at radius 1 is 1.02 bits per heavy atom. The van der Waals surface area contributed by atoms with Gasteiger partial charge in [0.2, 0.25) is 11.8 Å². The molecule has 12 heteroatoms. The number of nitrogen functional groups attached to an aromatic ring is 1. The van der Waals surface area contributed by atoms with E-state index in [0.717, 1.165) is 23.4 Å². The molecule has 4 N–H and O–H groups in total. The van der Waals surface area contributed by atoms with Crippen LogP contribution in [0.2, 0.25) is 0 Å². The van der Waals surface area contributed by atoms with Gasteiger partial charge >= 0.3 is 0 Å². The van der Waals surface area contributed by atoms with Crippen molar-refractivity contribution >= 4 is 35.1 Å². The van der Waals surface area contributed by atoms with E-state index in [4.69, 9.17) is 20.4 Å². The lowest BCUT2D eigenvalue weighted by Crippen LogP contribution is -2.41. The van der Waals surface area contributed by atoms with E-state index in [1.807, 2.05) is 58.0 Å². The molecule has 5 aromatic rings. The van der Waals surface area contributed by atoms with Crippen molar-refractivity contribution in [3.8, 4) is 22.8 Å². The third-order valence-electron chi connectivity index (χ3n) is 8.69. The number of ether oxygens (including phenoxy) is 1. The zero-order valence-electron chi connectivity index (χ0n) is 25.5. The van der Waals surface area contributed by atoms with Crippen molar-refractivity contribution in [2.24, 2.45) is 5.92 Å². The van der Waals surface area contributed by atoms with E-state index >= 15 is 0 Å². The molecule has 238 valence electrons. The molecular weight excluding hydrogens is 598 g/mol. The molecule has 0 bridgehead atoms. The van der Waals surface area contributed by atoms with Crippen molar-refractivity contribution in [3.05, 3.63) is 95.3 Å². The summed E-state index contributed by atoms with van der Waals surface area (Å²) < 4.78 is 7.36. The van der Waals surface area contributed by atoms with Crippen LogP contribution in [-0.2, 0) is 27.3 Å². The number of nitrogens with zero attached hydrogens (tertiary/aromatic N) is 5. The number of nitrogens with one attached hydrogen (secondary N) is 1. The van der Waals surface area contributed by atoms with E-state index in [1.54, 1.807) is 12.3 Å². The van der Waals surface area contributed by atoms with Crippen LogP contribution in [0.15, 0.2) is 72.9 Å². The number of morpholine rings is 1. The van der Waals surface area contributed by atoms with Gasteiger partial charge in [-0.25, -0.2) is 15.0 Å². The minimum absolute atomic E-state index is 0.0444. The van der Waals surface area contributed by atoms with Gasteiger partial charge in [-0.2, -0.15) is 0 Å². The monoisotopic (exact) mass is 631 g/mol. The van der Waals surface area contributed by atoms with Gasteiger partial charge in [0.25, 0.3) is 0 Å². The summed E-state index contributed by atoms with van der Waals surface area (Å²) in [6, 6.07) is 19.8. The predicted octanol–water partition coefficient (Wildman–Crippen LogP) is 3.40. The van der Waals surface area contributed by atoms with Gasteiger partial charge in [0, 0.05) is 49.0 Å². The third-order valence-corrected chi connectivity index (χ3v) is 8.69. The van der Waals surface area contributed by atoms with Crippen LogP contribution in [0, 0.1) is 5.92 Å². The summed E-state index contributed by atoms with van der Waals surface area (Å²) in [6.07, 6.45) is 3.02. The molecule has 0 radical (unpaired) electrons. The van der Waals surface area contributed by atoms with Gasteiger partial charge in [-0.05, 0) is 66.1 Å². The number of anilines is 1. The standard InChI is InChI=1S/C35H33N7O5/c36-32-25(2-1-11-37-32)33-40-29-10-9-28(26-18-27(26)35(46)41-12-14-47-15-13-41)39-34(29)42(33)24-7-4-21(5-8-24)19-38-31(45)17-22-3-6-23(20-43)30(44)16-22/h1-11,16,20,26-27,44H,12-15,17-19H2,(H2,36,37)(H,38,45). The van der Waals surface area contributed by atoms with E-state index in [1.165, 1.54) is 12.1 Å². The van der Waals surface area contributed by atoms with Gasteiger partial charge in [-0.1, -0.05) is 18.2 Å². The molecule has 2 aromatic carbocycles. The minimum Gasteiger partial charge on any atom is -0.507 e. The zero-order valence-corrected chi connectivity index (χ0v) is 25.5. The minimum atomic E-state index is -0.218. The number of carbonyl (C=O) groups excluding carboxylic acids is 3. The predicted molar refractivity (Wildman–Crippen MR) is 174 cm³/mol. The first-order valence-electron chi connectivity index (χ1n) is 15.5. The fourth-order valence-corrected chi connectivity index (χ4v) is 6.03. The molecule has 3 aromatic heterocycles. The maximum Gasteiger partial charge on any atom is 0.226 e. The number of aromatic nitrogens is 4. The molecule has 1 aliphatic heterocycles. The average molecular weight is 632 g/mol. The maximum absolute atomic E-state index is 13.1. The number of imidazole rings is 1. The molecular formula is C35H33N7O5. The average Bonchev–Trinajstić information content (AvgIpc) is 3.81. The van der Waals surface area contributed by atoms with Gasteiger partial charge in [0.05, 0.1) is 30.8 Å². The maximum atomic E-state index is 13.1. The number of rotatable bonds is 9. The highest BCUT2D eigenvalue weighted by molar-refractivity contribution is 5.85. The molecule has 1 saturated carbocycles. The Morgan fingerprint density at radius 2 is 1.81 bits per heavy atom. The summed E-state index contributed by atoms with van der Waals surface area (Å²) in [5.74, 6) is 0.689. The molecule has 12 nitrogen and oxygen atoms in total.